The Kier molecular flexibility index (Phi) is 5.69. The highest BCUT2D eigenvalue weighted by atomic mass is 15.1. The molecule has 98 valence electrons. The van der Waals surface area contributed by atoms with E-state index in [-0.39, 0.29) is 0 Å². The molecule has 0 aliphatic carbocycles. The average Bonchev–Trinajstić information content (AvgIpc) is 2.63. The zero-order chi connectivity index (χ0) is 12.8. The van der Waals surface area contributed by atoms with E-state index in [1.165, 1.54) is 18.5 Å². The first-order valence-electron chi connectivity index (χ1n) is 6.89. The van der Waals surface area contributed by atoms with Crippen molar-refractivity contribution in [2.24, 2.45) is 0 Å². The van der Waals surface area contributed by atoms with E-state index in [0.29, 0.717) is 12.1 Å². The van der Waals surface area contributed by atoms with Gasteiger partial charge in [0.15, 0.2) is 0 Å². The molecular weight excluding hydrogens is 210 g/mol. The van der Waals surface area contributed by atoms with Gasteiger partial charge in [-0.2, -0.15) is 0 Å². The number of hydrogen-bond acceptors (Lipinski definition) is 2. The van der Waals surface area contributed by atoms with Gasteiger partial charge in [0.1, 0.15) is 0 Å². The Morgan fingerprint density at radius 3 is 2.41 bits per heavy atom. The van der Waals surface area contributed by atoms with Crippen LogP contribution in [0.25, 0.3) is 0 Å². The predicted octanol–water partition coefficient (Wildman–Crippen LogP) is 3.23. The summed E-state index contributed by atoms with van der Waals surface area (Å²) in [6, 6.07) is 1.08. The number of likely N-dealkylation sites (N-methyl/N-ethyl adjacent to an activating group) is 1. The SMILES string of the molecule is CCCC(NCC)C(CC)n1cnc(C)c1C. The molecule has 0 saturated heterocycles. The number of imidazole rings is 1. The summed E-state index contributed by atoms with van der Waals surface area (Å²) >= 11 is 0. The molecule has 1 heterocycles. The van der Waals surface area contributed by atoms with E-state index >= 15 is 0 Å². The van der Waals surface area contributed by atoms with Crippen LogP contribution in [0.5, 0.6) is 0 Å². The second-order valence-corrected chi connectivity index (χ2v) is 4.75. The zero-order valence-corrected chi connectivity index (χ0v) is 12.0. The van der Waals surface area contributed by atoms with Crippen LogP contribution in [0.3, 0.4) is 0 Å². The first-order valence-corrected chi connectivity index (χ1v) is 6.89. The number of hydrogen-bond donors (Lipinski definition) is 1. The third kappa shape index (κ3) is 3.32. The Balaban J connectivity index is 2.91. The van der Waals surface area contributed by atoms with Crippen LogP contribution in [0.2, 0.25) is 0 Å². The molecule has 2 atom stereocenters. The Morgan fingerprint density at radius 2 is 2.00 bits per heavy atom. The molecule has 0 fully saturated rings. The van der Waals surface area contributed by atoms with Crippen LogP contribution >= 0.6 is 0 Å². The van der Waals surface area contributed by atoms with Crippen molar-refractivity contribution >= 4 is 0 Å². The summed E-state index contributed by atoms with van der Waals surface area (Å²) in [6.45, 7) is 12.0. The summed E-state index contributed by atoms with van der Waals surface area (Å²) in [6.07, 6.45) is 5.59. The summed E-state index contributed by atoms with van der Waals surface area (Å²) < 4.78 is 2.35. The second kappa shape index (κ2) is 6.80. The number of aromatic nitrogens is 2. The lowest BCUT2D eigenvalue weighted by Gasteiger charge is -2.29. The molecule has 3 heteroatoms. The molecule has 0 spiro atoms. The van der Waals surface area contributed by atoms with Crippen molar-refractivity contribution in [3.05, 3.63) is 17.7 Å². The van der Waals surface area contributed by atoms with E-state index in [9.17, 15) is 0 Å². The molecule has 1 aromatic rings. The van der Waals surface area contributed by atoms with Crippen molar-refractivity contribution in [1.82, 2.24) is 14.9 Å². The van der Waals surface area contributed by atoms with Crippen LogP contribution in [-0.4, -0.2) is 22.1 Å². The molecule has 0 aromatic carbocycles. The second-order valence-electron chi connectivity index (χ2n) is 4.75. The molecule has 1 aromatic heterocycles. The molecule has 0 bridgehead atoms. The van der Waals surface area contributed by atoms with Gasteiger partial charge in [-0.25, -0.2) is 4.98 Å². The Labute approximate surface area is 106 Å². The van der Waals surface area contributed by atoms with Crippen molar-refractivity contribution in [2.75, 3.05) is 6.54 Å². The molecule has 0 aliphatic rings. The van der Waals surface area contributed by atoms with Gasteiger partial charge < -0.3 is 9.88 Å². The number of nitrogens with one attached hydrogen (secondary N) is 1. The van der Waals surface area contributed by atoms with Crippen molar-refractivity contribution < 1.29 is 0 Å². The van der Waals surface area contributed by atoms with Crippen molar-refractivity contribution in [2.45, 2.75) is 66.0 Å². The molecule has 0 aliphatic heterocycles. The van der Waals surface area contributed by atoms with Gasteiger partial charge in [0.25, 0.3) is 0 Å². The molecular formula is C14H27N3. The van der Waals surface area contributed by atoms with E-state index in [1.807, 2.05) is 6.33 Å². The molecule has 17 heavy (non-hydrogen) atoms. The predicted molar refractivity (Wildman–Crippen MR) is 73.4 cm³/mol. The first kappa shape index (κ1) is 14.2. The molecule has 0 radical (unpaired) electrons. The molecule has 1 rings (SSSR count). The highest BCUT2D eigenvalue weighted by Crippen LogP contribution is 2.22. The van der Waals surface area contributed by atoms with E-state index in [4.69, 9.17) is 0 Å². The highest BCUT2D eigenvalue weighted by molar-refractivity contribution is 5.10. The van der Waals surface area contributed by atoms with Gasteiger partial charge in [0.2, 0.25) is 0 Å². The smallest absolute Gasteiger partial charge is 0.0954 e. The number of rotatable bonds is 7. The fourth-order valence-electron chi connectivity index (χ4n) is 2.53. The molecule has 3 nitrogen and oxygen atoms in total. The number of nitrogens with zero attached hydrogens (tertiary/aromatic N) is 2. The van der Waals surface area contributed by atoms with Crippen molar-refractivity contribution in [3.8, 4) is 0 Å². The summed E-state index contributed by atoms with van der Waals surface area (Å²) in [7, 11) is 0. The Morgan fingerprint density at radius 1 is 1.29 bits per heavy atom. The quantitative estimate of drug-likeness (QED) is 0.789. The van der Waals surface area contributed by atoms with Crippen LogP contribution in [0, 0.1) is 13.8 Å². The standard InChI is InChI=1S/C14H27N3/c1-6-9-13(15-8-3)14(7-2)17-10-16-11(4)12(17)5/h10,13-15H,6-9H2,1-5H3. The Hall–Kier alpha value is -0.830. The fourth-order valence-corrected chi connectivity index (χ4v) is 2.53. The lowest BCUT2D eigenvalue weighted by molar-refractivity contribution is 0.321. The molecule has 0 saturated carbocycles. The van der Waals surface area contributed by atoms with Crippen molar-refractivity contribution in [3.63, 3.8) is 0 Å². The van der Waals surface area contributed by atoms with Gasteiger partial charge >= 0.3 is 0 Å². The lowest BCUT2D eigenvalue weighted by Crippen LogP contribution is -2.37. The summed E-state index contributed by atoms with van der Waals surface area (Å²) in [5.74, 6) is 0. The lowest BCUT2D eigenvalue weighted by atomic mass is 10.00. The van der Waals surface area contributed by atoms with Gasteiger partial charge in [0.05, 0.1) is 12.0 Å². The van der Waals surface area contributed by atoms with E-state index in [0.717, 1.165) is 18.7 Å². The van der Waals surface area contributed by atoms with Gasteiger partial charge in [-0.05, 0) is 33.2 Å². The van der Waals surface area contributed by atoms with Gasteiger partial charge in [0, 0.05) is 17.8 Å². The van der Waals surface area contributed by atoms with Crippen molar-refractivity contribution in [1.29, 1.82) is 0 Å². The summed E-state index contributed by atoms with van der Waals surface area (Å²) in [5.41, 5.74) is 2.45. The topological polar surface area (TPSA) is 29.9 Å². The fraction of sp³-hybridized carbons (Fsp3) is 0.786. The van der Waals surface area contributed by atoms with Crippen LogP contribution in [0.1, 0.15) is 57.5 Å². The minimum atomic E-state index is 0.524. The Bertz CT molecular complexity index is 324. The minimum Gasteiger partial charge on any atom is -0.330 e. The average molecular weight is 237 g/mol. The van der Waals surface area contributed by atoms with Gasteiger partial charge in [-0.1, -0.05) is 27.2 Å². The van der Waals surface area contributed by atoms with Crippen LogP contribution in [0.4, 0.5) is 0 Å². The third-order valence-electron chi connectivity index (χ3n) is 3.59. The van der Waals surface area contributed by atoms with Crippen LogP contribution in [-0.2, 0) is 0 Å². The van der Waals surface area contributed by atoms with Crippen LogP contribution < -0.4 is 5.32 Å². The van der Waals surface area contributed by atoms with E-state index in [1.54, 1.807) is 0 Å². The molecule has 2 unspecified atom stereocenters. The monoisotopic (exact) mass is 237 g/mol. The van der Waals surface area contributed by atoms with E-state index in [2.05, 4.69) is 49.5 Å². The maximum atomic E-state index is 4.42. The van der Waals surface area contributed by atoms with E-state index < -0.39 is 0 Å². The summed E-state index contributed by atoms with van der Waals surface area (Å²) in [5, 5.41) is 3.62. The number of aryl methyl sites for hydroxylation is 1. The van der Waals surface area contributed by atoms with Crippen LogP contribution in [0.15, 0.2) is 6.33 Å². The van der Waals surface area contributed by atoms with Gasteiger partial charge in [-0.15, -0.1) is 0 Å². The first-order chi connectivity index (χ1) is 8.15. The summed E-state index contributed by atoms with van der Waals surface area (Å²) in [4.78, 5) is 4.42. The largest absolute Gasteiger partial charge is 0.330 e. The zero-order valence-electron chi connectivity index (χ0n) is 12.0. The third-order valence-corrected chi connectivity index (χ3v) is 3.59. The molecule has 0 amide bonds. The normalized spacial score (nSPS) is 14.9. The molecule has 1 N–H and O–H groups in total. The highest BCUT2D eigenvalue weighted by Gasteiger charge is 2.21. The maximum absolute atomic E-state index is 4.42. The minimum absolute atomic E-state index is 0.524. The van der Waals surface area contributed by atoms with Gasteiger partial charge in [-0.3, -0.25) is 0 Å². The maximum Gasteiger partial charge on any atom is 0.0954 e.